The summed E-state index contributed by atoms with van der Waals surface area (Å²) < 4.78 is 85.2. The van der Waals surface area contributed by atoms with Gasteiger partial charge in [-0.15, -0.1) is 0 Å². The van der Waals surface area contributed by atoms with E-state index in [0.717, 1.165) is 123 Å². The van der Waals surface area contributed by atoms with E-state index in [0.29, 0.717) is 5.56 Å². The Kier molecular flexibility index (Phi) is 15.8. The number of aliphatic hydroxyl groups is 1. The lowest BCUT2D eigenvalue weighted by atomic mass is 9.99. The highest BCUT2D eigenvalue weighted by atomic mass is 32.2. The first kappa shape index (κ1) is 53.0. The summed E-state index contributed by atoms with van der Waals surface area (Å²) in [5.74, 6) is -1.33. The van der Waals surface area contributed by atoms with Crippen LogP contribution in [0.1, 0.15) is 110 Å². The summed E-state index contributed by atoms with van der Waals surface area (Å²) in [6.45, 7) is 3.10. The number of anilines is 2. The number of aromatic nitrogens is 3. The zero-order chi connectivity index (χ0) is 52.2. The summed E-state index contributed by atoms with van der Waals surface area (Å²) in [4.78, 5) is 58.9. The smallest absolute Gasteiger partial charge is 0.338 e. The van der Waals surface area contributed by atoms with Gasteiger partial charge in [-0.05, 0) is 177 Å². The second-order valence-corrected chi connectivity index (χ2v) is 22.6. The monoisotopic (exact) mass is 1050 g/mol. The molecule has 4 aliphatic rings. The Morgan fingerprint density at radius 1 is 0.542 bits per heavy atom. The fourth-order valence-corrected chi connectivity index (χ4v) is 11.4. The number of amides is 4. The van der Waals surface area contributed by atoms with Crippen molar-refractivity contribution in [3.05, 3.63) is 128 Å². The first-order chi connectivity index (χ1) is 34.0. The average Bonchev–Trinajstić information content (AvgIpc) is 4.19. The maximum Gasteiger partial charge on any atom is 0.338 e. The SMILES string of the molecule is CC(C)(O)c1ccnc(S(=O)(=O)NC(=O)Nc2c3c(cc4c2CCC4)CCC3)c1.COC(=O)c1ccnc(S(=O)(=O)NC(=O)Nc2c3c(cc4c2CCC4)CCC3)c1.COC(=O)c1ccnc(S(N)(=O)=O)c1. The highest BCUT2D eigenvalue weighted by Crippen LogP contribution is 2.40. The van der Waals surface area contributed by atoms with Gasteiger partial charge in [-0.3, -0.25) is 0 Å². The quantitative estimate of drug-likeness (QED) is 0.104. The molecular formula is C48H54N8O13S3. The Morgan fingerprint density at radius 3 is 1.25 bits per heavy atom. The second-order valence-electron chi connectivity index (χ2n) is 17.8. The van der Waals surface area contributed by atoms with Crippen LogP contribution in [0, 0.1) is 0 Å². The second kappa shape index (κ2) is 21.5. The van der Waals surface area contributed by atoms with Crippen LogP contribution in [0.4, 0.5) is 21.0 Å². The molecule has 0 bridgehead atoms. The molecule has 3 heterocycles. The van der Waals surface area contributed by atoms with Crippen LogP contribution in [0.25, 0.3) is 0 Å². The van der Waals surface area contributed by atoms with Crippen LogP contribution >= 0.6 is 0 Å². The summed E-state index contributed by atoms with van der Waals surface area (Å²) in [5.41, 5.74) is 10.2. The summed E-state index contributed by atoms with van der Waals surface area (Å²) in [6.07, 6.45) is 15.2. The first-order valence-electron chi connectivity index (χ1n) is 22.8. The molecule has 2 aromatic carbocycles. The van der Waals surface area contributed by atoms with Gasteiger partial charge in [0.2, 0.25) is 0 Å². The highest BCUT2D eigenvalue weighted by Gasteiger charge is 2.30. The number of hydrogen-bond acceptors (Lipinski definition) is 16. The number of rotatable bonds is 10. The largest absolute Gasteiger partial charge is 0.465 e. The Morgan fingerprint density at radius 2 is 0.889 bits per heavy atom. The number of esters is 2. The van der Waals surface area contributed by atoms with Crippen molar-refractivity contribution in [1.29, 1.82) is 0 Å². The van der Waals surface area contributed by atoms with Crippen molar-refractivity contribution in [3.63, 3.8) is 0 Å². The van der Waals surface area contributed by atoms with E-state index in [2.05, 4.69) is 51.9 Å². The zero-order valence-electron chi connectivity index (χ0n) is 39.8. The van der Waals surface area contributed by atoms with Crippen LogP contribution in [0.15, 0.2) is 82.2 Å². The van der Waals surface area contributed by atoms with E-state index in [4.69, 9.17) is 5.14 Å². The predicted octanol–water partition coefficient (Wildman–Crippen LogP) is 4.67. The molecule has 5 aromatic rings. The van der Waals surface area contributed by atoms with Crippen LogP contribution in [-0.2, 0) is 96.5 Å². The minimum absolute atomic E-state index is 0.0296. The molecule has 0 saturated carbocycles. The van der Waals surface area contributed by atoms with Gasteiger partial charge < -0.3 is 25.2 Å². The van der Waals surface area contributed by atoms with Gasteiger partial charge in [-0.1, -0.05) is 12.1 Å². The molecule has 0 aliphatic heterocycles. The fourth-order valence-electron chi connectivity index (χ4n) is 9.11. The van der Waals surface area contributed by atoms with Crippen molar-refractivity contribution in [2.24, 2.45) is 5.14 Å². The van der Waals surface area contributed by atoms with Crippen molar-refractivity contribution in [1.82, 2.24) is 24.4 Å². The molecule has 0 unspecified atom stereocenters. The third-order valence-electron chi connectivity index (χ3n) is 12.5. The third-order valence-corrected chi connectivity index (χ3v) is 15.7. The first-order valence-corrected chi connectivity index (χ1v) is 27.3. The van der Waals surface area contributed by atoms with E-state index in [9.17, 15) is 49.5 Å². The lowest BCUT2D eigenvalue weighted by Gasteiger charge is -2.18. The number of carbonyl (C=O) groups is 4. The van der Waals surface area contributed by atoms with Crippen molar-refractivity contribution in [3.8, 4) is 0 Å². The number of aryl methyl sites for hydroxylation is 4. The minimum Gasteiger partial charge on any atom is -0.465 e. The van der Waals surface area contributed by atoms with Gasteiger partial charge in [0.25, 0.3) is 30.1 Å². The number of methoxy groups -OCH3 is 2. The maximum atomic E-state index is 12.7. The molecule has 382 valence electrons. The van der Waals surface area contributed by atoms with Crippen LogP contribution in [-0.4, -0.2) is 83.5 Å². The topological polar surface area (TPSA) is 322 Å². The van der Waals surface area contributed by atoms with Gasteiger partial charge >= 0.3 is 24.0 Å². The van der Waals surface area contributed by atoms with Gasteiger partial charge in [0.05, 0.1) is 30.9 Å². The van der Waals surface area contributed by atoms with E-state index in [1.165, 1.54) is 79.3 Å². The van der Waals surface area contributed by atoms with Crippen LogP contribution < -0.4 is 25.2 Å². The number of pyridine rings is 3. The Hall–Kier alpha value is -6.86. The van der Waals surface area contributed by atoms with Gasteiger partial charge in [0, 0.05) is 30.0 Å². The predicted molar refractivity (Wildman–Crippen MR) is 262 cm³/mol. The lowest BCUT2D eigenvalue weighted by Crippen LogP contribution is -2.35. The van der Waals surface area contributed by atoms with Gasteiger partial charge in [0.1, 0.15) is 0 Å². The lowest BCUT2D eigenvalue weighted by molar-refractivity contribution is 0.0591. The number of benzene rings is 2. The Labute approximate surface area is 416 Å². The normalized spacial score (nSPS) is 14.4. The third kappa shape index (κ3) is 12.2. The minimum atomic E-state index is -4.25. The van der Waals surface area contributed by atoms with Crippen molar-refractivity contribution >= 4 is 65.4 Å². The summed E-state index contributed by atoms with van der Waals surface area (Å²) in [7, 11) is -9.93. The molecule has 0 radical (unpaired) electrons. The number of sulfonamides is 3. The number of nitrogens with two attached hydrogens (primary N) is 1. The number of primary sulfonamides is 1. The number of carbonyl (C=O) groups excluding carboxylic acids is 4. The van der Waals surface area contributed by atoms with Gasteiger partial charge in [0.15, 0.2) is 15.1 Å². The molecule has 0 atom stereocenters. The summed E-state index contributed by atoms with van der Waals surface area (Å²) >= 11 is 0. The van der Waals surface area contributed by atoms with E-state index >= 15 is 0 Å². The van der Waals surface area contributed by atoms with E-state index in [1.54, 1.807) is 13.8 Å². The van der Waals surface area contributed by atoms with E-state index < -0.39 is 64.7 Å². The Bertz CT molecular complexity index is 3260. The molecule has 0 fully saturated rings. The highest BCUT2D eigenvalue weighted by molar-refractivity contribution is 7.90. The molecule has 4 amide bonds. The molecule has 21 nitrogen and oxygen atoms in total. The molecule has 72 heavy (non-hydrogen) atoms. The molecule has 7 N–H and O–H groups in total. The van der Waals surface area contributed by atoms with E-state index in [-0.39, 0.29) is 21.2 Å². The van der Waals surface area contributed by atoms with Gasteiger partial charge in [-0.25, -0.2) is 57.1 Å². The molecule has 0 spiro atoms. The molecule has 0 saturated heterocycles. The number of nitrogens with zero attached hydrogens (tertiary/aromatic N) is 3. The molecule has 3 aromatic heterocycles. The number of hydrogen-bond donors (Lipinski definition) is 6. The Balaban J connectivity index is 0.000000169. The summed E-state index contributed by atoms with van der Waals surface area (Å²) in [6, 6.07) is 10.4. The van der Waals surface area contributed by atoms with Crippen molar-refractivity contribution in [2.45, 2.75) is 112 Å². The standard InChI is InChI=1S/C21H25N3O4S.C20H21N3O5S.C7H8N2O4S/c1-21(2,26)15-9-10-22-18(12-15)29(27,28)24-20(25)23-19-16-7-3-5-13(16)11-14-6-4-8-17(14)19;1-28-19(24)14-8-9-21-17(11-14)29(26,27)23-20(25)22-18-15-6-2-4-12(15)10-13-5-3-7-16(13)18;1-13-7(10)5-2-3-9-6(4-5)14(8,11)12/h9-12,26H,3-8H2,1-2H3,(H2,23,24,25);8-11H,2-7H2,1H3,(H2,22,23,25);2-4H,1H3,(H2,8,11,12). The van der Waals surface area contributed by atoms with Crippen LogP contribution in [0.3, 0.4) is 0 Å². The number of nitrogens with one attached hydrogen (secondary N) is 4. The number of ether oxygens (including phenoxy) is 2. The van der Waals surface area contributed by atoms with Crippen LogP contribution in [0.2, 0.25) is 0 Å². The molecule has 4 aliphatic carbocycles. The number of urea groups is 2. The molecule has 24 heteroatoms. The van der Waals surface area contributed by atoms with E-state index in [1.807, 2.05) is 4.72 Å². The maximum absolute atomic E-state index is 12.7. The van der Waals surface area contributed by atoms with Crippen molar-refractivity contribution < 1.29 is 59.0 Å². The number of fused-ring (bicyclic) bond motifs is 4. The fraction of sp³-hybridized carbons (Fsp3) is 0.354. The summed E-state index contributed by atoms with van der Waals surface area (Å²) in [5, 5.41) is 19.4. The van der Waals surface area contributed by atoms with Crippen LogP contribution in [0.5, 0.6) is 0 Å². The molecular weight excluding hydrogens is 993 g/mol. The molecule has 9 rings (SSSR count). The van der Waals surface area contributed by atoms with Gasteiger partial charge in [-0.2, -0.15) is 16.8 Å². The average molecular weight is 1050 g/mol. The zero-order valence-corrected chi connectivity index (χ0v) is 42.3. The van der Waals surface area contributed by atoms with Crippen molar-refractivity contribution in [2.75, 3.05) is 24.9 Å².